The first-order chi connectivity index (χ1) is 7.67. The van der Waals surface area contributed by atoms with E-state index in [2.05, 4.69) is 0 Å². The van der Waals surface area contributed by atoms with E-state index in [9.17, 15) is 4.79 Å². The summed E-state index contributed by atoms with van der Waals surface area (Å²) in [4.78, 5) is 10.6. The standard InChI is InChI=1S/C9H10O2.C4H10O/c1-2-7-5-3-4-6-8(7)9(10)11;1-3-5-4-2/h3-6H,2H2,1H3,(H,10,11);3-4H2,1-2H3. The molecular weight excluding hydrogens is 204 g/mol. The van der Waals surface area contributed by atoms with Crippen molar-refractivity contribution in [3.05, 3.63) is 35.4 Å². The molecule has 3 nitrogen and oxygen atoms in total. The zero-order valence-corrected chi connectivity index (χ0v) is 10.2. The molecule has 1 N–H and O–H groups in total. The molecule has 0 unspecified atom stereocenters. The van der Waals surface area contributed by atoms with Gasteiger partial charge in [-0.1, -0.05) is 25.1 Å². The van der Waals surface area contributed by atoms with Gasteiger partial charge >= 0.3 is 5.97 Å². The minimum absolute atomic E-state index is 0.412. The third-order valence-corrected chi connectivity index (χ3v) is 2.04. The van der Waals surface area contributed by atoms with E-state index in [-0.39, 0.29) is 0 Å². The lowest BCUT2D eigenvalue weighted by atomic mass is 10.1. The van der Waals surface area contributed by atoms with Gasteiger partial charge in [-0.2, -0.15) is 0 Å². The molecule has 0 atom stereocenters. The van der Waals surface area contributed by atoms with Gasteiger partial charge in [-0.25, -0.2) is 4.79 Å². The van der Waals surface area contributed by atoms with E-state index in [0.717, 1.165) is 25.2 Å². The molecule has 0 amide bonds. The molecule has 1 rings (SSSR count). The third kappa shape index (κ3) is 5.51. The molecule has 0 aliphatic carbocycles. The van der Waals surface area contributed by atoms with Crippen LogP contribution in [0.2, 0.25) is 0 Å². The Hall–Kier alpha value is -1.35. The maximum Gasteiger partial charge on any atom is 0.335 e. The van der Waals surface area contributed by atoms with Gasteiger partial charge in [-0.15, -0.1) is 0 Å². The second-order valence-electron chi connectivity index (χ2n) is 3.10. The average molecular weight is 224 g/mol. The smallest absolute Gasteiger partial charge is 0.335 e. The molecule has 16 heavy (non-hydrogen) atoms. The SMILES string of the molecule is CCOCC.CCc1ccccc1C(=O)O. The highest BCUT2D eigenvalue weighted by atomic mass is 16.5. The lowest BCUT2D eigenvalue weighted by Gasteiger charge is -2.00. The van der Waals surface area contributed by atoms with Crippen LogP contribution in [0.3, 0.4) is 0 Å². The fourth-order valence-corrected chi connectivity index (χ4v) is 1.24. The summed E-state index contributed by atoms with van der Waals surface area (Å²) in [6, 6.07) is 7.05. The minimum atomic E-state index is -0.845. The van der Waals surface area contributed by atoms with Crippen molar-refractivity contribution in [1.82, 2.24) is 0 Å². The van der Waals surface area contributed by atoms with Crippen molar-refractivity contribution in [3.8, 4) is 0 Å². The molecule has 0 aliphatic rings. The molecule has 0 spiro atoms. The van der Waals surface area contributed by atoms with Crippen molar-refractivity contribution < 1.29 is 14.6 Å². The predicted octanol–water partition coefficient (Wildman–Crippen LogP) is 2.99. The van der Waals surface area contributed by atoms with Gasteiger partial charge in [0, 0.05) is 13.2 Å². The van der Waals surface area contributed by atoms with Crippen LogP contribution in [0.25, 0.3) is 0 Å². The van der Waals surface area contributed by atoms with E-state index >= 15 is 0 Å². The van der Waals surface area contributed by atoms with Crippen LogP contribution in [-0.4, -0.2) is 24.3 Å². The molecule has 0 radical (unpaired) electrons. The van der Waals surface area contributed by atoms with Crippen molar-refractivity contribution in [2.24, 2.45) is 0 Å². The molecule has 0 bridgehead atoms. The van der Waals surface area contributed by atoms with E-state index in [1.807, 2.05) is 32.9 Å². The lowest BCUT2D eigenvalue weighted by molar-refractivity contribution is 0.0695. The van der Waals surface area contributed by atoms with Gasteiger partial charge in [-0.05, 0) is 31.9 Å². The zero-order chi connectivity index (χ0) is 12.4. The van der Waals surface area contributed by atoms with Gasteiger partial charge in [0.15, 0.2) is 0 Å². The van der Waals surface area contributed by atoms with Crippen LogP contribution in [-0.2, 0) is 11.2 Å². The topological polar surface area (TPSA) is 46.5 Å². The van der Waals surface area contributed by atoms with E-state index in [1.54, 1.807) is 12.1 Å². The van der Waals surface area contributed by atoms with E-state index in [4.69, 9.17) is 9.84 Å². The highest BCUT2D eigenvalue weighted by Crippen LogP contribution is 2.08. The Morgan fingerprint density at radius 3 is 2.06 bits per heavy atom. The molecular formula is C13H20O3. The van der Waals surface area contributed by atoms with Crippen LogP contribution in [0.5, 0.6) is 0 Å². The monoisotopic (exact) mass is 224 g/mol. The number of carboxylic acids is 1. The molecule has 0 saturated carbocycles. The number of aryl methyl sites for hydroxylation is 1. The van der Waals surface area contributed by atoms with Crippen LogP contribution < -0.4 is 0 Å². The van der Waals surface area contributed by atoms with Crippen molar-refractivity contribution in [1.29, 1.82) is 0 Å². The first kappa shape index (κ1) is 14.6. The second kappa shape index (κ2) is 8.92. The normalized spacial score (nSPS) is 9.19. The first-order valence-corrected chi connectivity index (χ1v) is 5.56. The highest BCUT2D eigenvalue weighted by molar-refractivity contribution is 5.89. The largest absolute Gasteiger partial charge is 0.478 e. The summed E-state index contributed by atoms with van der Waals surface area (Å²) in [6.45, 7) is 7.61. The van der Waals surface area contributed by atoms with Gasteiger partial charge in [0.2, 0.25) is 0 Å². The molecule has 90 valence electrons. The molecule has 3 heteroatoms. The molecule has 0 aromatic heterocycles. The molecule has 1 aromatic rings. The predicted molar refractivity (Wildman–Crippen MR) is 64.9 cm³/mol. The third-order valence-electron chi connectivity index (χ3n) is 2.04. The Morgan fingerprint density at radius 2 is 1.75 bits per heavy atom. The fourth-order valence-electron chi connectivity index (χ4n) is 1.24. The Balaban J connectivity index is 0.000000385. The summed E-state index contributed by atoms with van der Waals surface area (Å²) >= 11 is 0. The van der Waals surface area contributed by atoms with Gasteiger partial charge in [0.05, 0.1) is 5.56 Å². The summed E-state index contributed by atoms with van der Waals surface area (Å²) in [5.74, 6) is -0.845. The van der Waals surface area contributed by atoms with Gasteiger partial charge < -0.3 is 9.84 Å². The summed E-state index contributed by atoms with van der Waals surface area (Å²) in [7, 11) is 0. The summed E-state index contributed by atoms with van der Waals surface area (Å²) in [6.07, 6.45) is 0.766. The van der Waals surface area contributed by atoms with Gasteiger partial charge in [-0.3, -0.25) is 0 Å². The first-order valence-electron chi connectivity index (χ1n) is 5.56. The minimum Gasteiger partial charge on any atom is -0.478 e. The maximum absolute atomic E-state index is 10.6. The fraction of sp³-hybridized carbons (Fsp3) is 0.462. The summed E-state index contributed by atoms with van der Waals surface area (Å²) in [5.41, 5.74) is 1.30. The van der Waals surface area contributed by atoms with Crippen LogP contribution in [0.1, 0.15) is 36.7 Å². The van der Waals surface area contributed by atoms with Crippen molar-refractivity contribution in [2.45, 2.75) is 27.2 Å². The van der Waals surface area contributed by atoms with Gasteiger partial charge in [0.25, 0.3) is 0 Å². The Bertz CT molecular complexity index is 306. The second-order valence-corrected chi connectivity index (χ2v) is 3.10. The lowest BCUT2D eigenvalue weighted by Crippen LogP contribution is -2.00. The Kier molecular flexibility index (Phi) is 8.17. The van der Waals surface area contributed by atoms with Crippen LogP contribution in [0.4, 0.5) is 0 Å². The molecule has 0 aliphatic heterocycles. The number of carboxylic acid groups (broad SMARTS) is 1. The summed E-state index contributed by atoms with van der Waals surface area (Å²) < 4.78 is 4.83. The number of hydrogen-bond donors (Lipinski definition) is 1. The van der Waals surface area contributed by atoms with Crippen molar-refractivity contribution in [3.63, 3.8) is 0 Å². The number of carbonyl (C=O) groups is 1. The number of aromatic carboxylic acids is 1. The number of hydrogen-bond acceptors (Lipinski definition) is 2. The highest BCUT2D eigenvalue weighted by Gasteiger charge is 2.05. The summed E-state index contributed by atoms with van der Waals surface area (Å²) in [5, 5.41) is 8.70. The average Bonchev–Trinajstić information content (AvgIpc) is 2.31. The zero-order valence-electron chi connectivity index (χ0n) is 10.2. The molecule has 0 heterocycles. The van der Waals surface area contributed by atoms with Crippen LogP contribution in [0.15, 0.2) is 24.3 Å². The molecule has 0 fully saturated rings. The van der Waals surface area contributed by atoms with Crippen LogP contribution in [0, 0.1) is 0 Å². The van der Waals surface area contributed by atoms with Crippen molar-refractivity contribution >= 4 is 5.97 Å². The number of ether oxygens (including phenoxy) is 1. The Morgan fingerprint density at radius 1 is 1.19 bits per heavy atom. The number of rotatable bonds is 4. The van der Waals surface area contributed by atoms with E-state index in [1.165, 1.54) is 0 Å². The van der Waals surface area contributed by atoms with E-state index in [0.29, 0.717) is 5.56 Å². The quantitative estimate of drug-likeness (QED) is 0.855. The van der Waals surface area contributed by atoms with Gasteiger partial charge in [0.1, 0.15) is 0 Å². The van der Waals surface area contributed by atoms with Crippen molar-refractivity contribution in [2.75, 3.05) is 13.2 Å². The Labute approximate surface area is 97.1 Å². The molecule has 1 aromatic carbocycles. The van der Waals surface area contributed by atoms with E-state index < -0.39 is 5.97 Å². The number of benzene rings is 1. The molecule has 0 saturated heterocycles. The maximum atomic E-state index is 10.6. The van der Waals surface area contributed by atoms with Crippen LogP contribution >= 0.6 is 0 Å².